The number of carbonyl (C=O) groups excluding carboxylic acids is 1. The van der Waals surface area contributed by atoms with Gasteiger partial charge in [-0.15, -0.1) is 0 Å². The molecule has 0 aromatic rings. The maximum atomic E-state index is 11.0. The molecule has 0 bridgehead atoms. The second-order valence-electron chi connectivity index (χ2n) is 5.06. The summed E-state index contributed by atoms with van der Waals surface area (Å²) < 4.78 is 5.39. The minimum Gasteiger partial charge on any atom is -0.381 e. The fraction of sp³-hybridized carbons (Fsp3) is 0.917. The van der Waals surface area contributed by atoms with Crippen LogP contribution in [0.25, 0.3) is 0 Å². The van der Waals surface area contributed by atoms with Gasteiger partial charge in [-0.3, -0.25) is 4.79 Å². The predicted molar refractivity (Wildman–Crippen MR) is 64.3 cm³/mol. The SMILES string of the molecule is CNC(=O)CCCNC1CC(OC)C1(C)C. The molecule has 0 saturated heterocycles. The molecule has 1 aliphatic carbocycles. The Morgan fingerprint density at radius 3 is 2.69 bits per heavy atom. The Hall–Kier alpha value is -0.610. The average molecular weight is 228 g/mol. The van der Waals surface area contributed by atoms with Gasteiger partial charge >= 0.3 is 0 Å². The van der Waals surface area contributed by atoms with Crippen molar-refractivity contribution in [2.24, 2.45) is 5.41 Å². The number of amides is 1. The highest BCUT2D eigenvalue weighted by atomic mass is 16.5. The van der Waals surface area contributed by atoms with E-state index in [1.165, 1.54) is 0 Å². The van der Waals surface area contributed by atoms with Crippen LogP contribution in [0.15, 0.2) is 0 Å². The van der Waals surface area contributed by atoms with Crippen LogP contribution in [0.5, 0.6) is 0 Å². The predicted octanol–water partition coefficient (Wildman–Crippen LogP) is 0.916. The topological polar surface area (TPSA) is 50.4 Å². The van der Waals surface area contributed by atoms with Crippen molar-refractivity contribution in [3.05, 3.63) is 0 Å². The lowest BCUT2D eigenvalue weighted by Crippen LogP contribution is -2.60. The van der Waals surface area contributed by atoms with E-state index in [1.807, 2.05) is 0 Å². The van der Waals surface area contributed by atoms with Crippen molar-refractivity contribution in [3.63, 3.8) is 0 Å². The maximum Gasteiger partial charge on any atom is 0.219 e. The Bertz CT molecular complexity index is 241. The summed E-state index contributed by atoms with van der Waals surface area (Å²) in [4.78, 5) is 11.0. The summed E-state index contributed by atoms with van der Waals surface area (Å²) in [6, 6.07) is 0.516. The van der Waals surface area contributed by atoms with Crippen molar-refractivity contribution in [2.75, 3.05) is 20.7 Å². The number of carbonyl (C=O) groups is 1. The Morgan fingerprint density at radius 1 is 1.50 bits per heavy atom. The van der Waals surface area contributed by atoms with Gasteiger partial charge < -0.3 is 15.4 Å². The minimum atomic E-state index is 0.115. The minimum absolute atomic E-state index is 0.115. The Kier molecular flexibility index (Phi) is 4.74. The summed E-state index contributed by atoms with van der Waals surface area (Å²) in [5.74, 6) is 0.115. The van der Waals surface area contributed by atoms with Gasteiger partial charge in [0.2, 0.25) is 5.91 Å². The van der Waals surface area contributed by atoms with Gasteiger partial charge in [-0.2, -0.15) is 0 Å². The first-order valence-corrected chi connectivity index (χ1v) is 5.99. The fourth-order valence-electron chi connectivity index (χ4n) is 2.28. The van der Waals surface area contributed by atoms with Gasteiger partial charge in [0, 0.05) is 32.0 Å². The largest absolute Gasteiger partial charge is 0.381 e. The third-order valence-corrected chi connectivity index (χ3v) is 3.71. The van der Waals surface area contributed by atoms with E-state index in [4.69, 9.17) is 4.74 Å². The normalized spacial score (nSPS) is 27.2. The maximum absolute atomic E-state index is 11.0. The van der Waals surface area contributed by atoms with Gasteiger partial charge in [-0.1, -0.05) is 13.8 Å². The molecule has 0 spiro atoms. The third-order valence-electron chi connectivity index (χ3n) is 3.71. The number of ether oxygens (including phenoxy) is 1. The van der Waals surface area contributed by atoms with Gasteiger partial charge in [0.1, 0.15) is 0 Å². The lowest BCUT2D eigenvalue weighted by molar-refractivity contribution is -0.120. The zero-order valence-electron chi connectivity index (χ0n) is 10.8. The number of hydrogen-bond donors (Lipinski definition) is 2. The lowest BCUT2D eigenvalue weighted by Gasteiger charge is -2.51. The second kappa shape index (κ2) is 5.64. The molecule has 0 aromatic carbocycles. The molecule has 94 valence electrons. The quantitative estimate of drug-likeness (QED) is 0.665. The van der Waals surface area contributed by atoms with Crippen LogP contribution in [-0.2, 0) is 9.53 Å². The Balaban J connectivity index is 2.14. The van der Waals surface area contributed by atoms with Crippen LogP contribution in [0, 0.1) is 5.41 Å². The monoisotopic (exact) mass is 228 g/mol. The number of methoxy groups -OCH3 is 1. The van der Waals surface area contributed by atoms with E-state index in [9.17, 15) is 4.79 Å². The van der Waals surface area contributed by atoms with Crippen LogP contribution >= 0.6 is 0 Å². The molecule has 1 rings (SSSR count). The molecule has 1 fully saturated rings. The molecule has 0 aliphatic heterocycles. The highest BCUT2D eigenvalue weighted by Crippen LogP contribution is 2.42. The van der Waals surface area contributed by atoms with Crippen LogP contribution < -0.4 is 10.6 Å². The summed E-state index contributed by atoms with van der Waals surface area (Å²) in [7, 11) is 3.45. The summed E-state index contributed by atoms with van der Waals surface area (Å²) in [5.41, 5.74) is 0.210. The Morgan fingerprint density at radius 2 is 2.19 bits per heavy atom. The molecule has 2 N–H and O–H groups in total. The molecule has 16 heavy (non-hydrogen) atoms. The standard InChI is InChI=1S/C12H24N2O2/c1-12(2)9(8-10(12)16-4)14-7-5-6-11(15)13-3/h9-10,14H,5-8H2,1-4H3,(H,13,15). The Labute approximate surface area is 98.1 Å². The molecular weight excluding hydrogens is 204 g/mol. The van der Waals surface area contributed by atoms with Crippen LogP contribution in [0.2, 0.25) is 0 Å². The van der Waals surface area contributed by atoms with Crippen LogP contribution in [0.4, 0.5) is 0 Å². The van der Waals surface area contributed by atoms with Crippen molar-refractivity contribution in [3.8, 4) is 0 Å². The fourth-order valence-corrected chi connectivity index (χ4v) is 2.28. The van der Waals surface area contributed by atoms with Crippen LogP contribution in [-0.4, -0.2) is 38.8 Å². The summed E-state index contributed by atoms with van der Waals surface area (Å²) in [6.45, 7) is 5.35. The molecule has 2 atom stereocenters. The highest BCUT2D eigenvalue weighted by Gasteiger charge is 2.47. The number of nitrogens with one attached hydrogen (secondary N) is 2. The smallest absolute Gasteiger partial charge is 0.219 e. The zero-order valence-corrected chi connectivity index (χ0v) is 10.8. The van der Waals surface area contributed by atoms with E-state index < -0.39 is 0 Å². The lowest BCUT2D eigenvalue weighted by atomic mass is 9.64. The molecule has 0 radical (unpaired) electrons. The van der Waals surface area contributed by atoms with Gasteiger partial charge in [0.25, 0.3) is 0 Å². The van der Waals surface area contributed by atoms with E-state index in [0.717, 1.165) is 19.4 Å². The van der Waals surface area contributed by atoms with Gasteiger partial charge in [-0.05, 0) is 19.4 Å². The molecular formula is C12H24N2O2. The molecule has 2 unspecified atom stereocenters. The van der Waals surface area contributed by atoms with E-state index in [2.05, 4.69) is 24.5 Å². The van der Waals surface area contributed by atoms with Gasteiger partial charge in [0.15, 0.2) is 0 Å². The molecule has 0 aromatic heterocycles. The van der Waals surface area contributed by atoms with E-state index in [0.29, 0.717) is 18.6 Å². The first kappa shape index (κ1) is 13.5. The molecule has 1 amide bonds. The zero-order chi connectivity index (χ0) is 12.2. The third kappa shape index (κ3) is 2.95. The molecule has 1 aliphatic rings. The number of rotatable bonds is 6. The van der Waals surface area contributed by atoms with E-state index in [1.54, 1.807) is 14.2 Å². The highest BCUT2D eigenvalue weighted by molar-refractivity contribution is 5.75. The molecule has 4 nitrogen and oxygen atoms in total. The van der Waals surface area contributed by atoms with E-state index in [-0.39, 0.29) is 11.3 Å². The average Bonchev–Trinajstić information content (AvgIpc) is 2.26. The number of hydrogen-bond acceptors (Lipinski definition) is 3. The van der Waals surface area contributed by atoms with Gasteiger partial charge in [0.05, 0.1) is 6.10 Å². The van der Waals surface area contributed by atoms with Crippen LogP contribution in [0.3, 0.4) is 0 Å². The molecule has 4 heteroatoms. The molecule has 0 heterocycles. The summed E-state index contributed by atoms with van der Waals surface area (Å²) in [6.07, 6.45) is 2.93. The van der Waals surface area contributed by atoms with Crippen molar-refractivity contribution in [1.82, 2.24) is 10.6 Å². The van der Waals surface area contributed by atoms with Crippen molar-refractivity contribution < 1.29 is 9.53 Å². The summed E-state index contributed by atoms with van der Waals surface area (Å²) >= 11 is 0. The second-order valence-corrected chi connectivity index (χ2v) is 5.06. The van der Waals surface area contributed by atoms with Crippen molar-refractivity contribution in [1.29, 1.82) is 0 Å². The first-order chi connectivity index (χ1) is 7.52. The van der Waals surface area contributed by atoms with Crippen molar-refractivity contribution in [2.45, 2.75) is 45.3 Å². The van der Waals surface area contributed by atoms with Gasteiger partial charge in [-0.25, -0.2) is 0 Å². The van der Waals surface area contributed by atoms with Crippen molar-refractivity contribution >= 4 is 5.91 Å². The van der Waals surface area contributed by atoms with Crippen LogP contribution in [0.1, 0.15) is 33.1 Å². The summed E-state index contributed by atoms with van der Waals surface area (Å²) in [5, 5.41) is 6.12. The first-order valence-electron chi connectivity index (χ1n) is 5.99. The molecule has 1 saturated carbocycles. The van der Waals surface area contributed by atoms with E-state index >= 15 is 0 Å².